The molecule has 0 aliphatic carbocycles. The molecule has 3 rings (SSSR count). The minimum Gasteiger partial charge on any atom is -0.444 e. The number of fused-ring (bicyclic) bond motifs is 2. The Morgan fingerprint density at radius 3 is 2.83 bits per heavy atom. The topological polar surface area (TPSA) is 42.4 Å². The van der Waals surface area contributed by atoms with E-state index in [1.165, 1.54) is 5.57 Å². The maximum atomic E-state index is 12.6. The number of aromatic nitrogens is 1. The molecule has 23 heavy (non-hydrogen) atoms. The molecule has 1 fully saturated rings. The predicted octanol–water partition coefficient (Wildman–Crippen LogP) is 4.68. The van der Waals surface area contributed by atoms with Crippen molar-refractivity contribution in [3.8, 4) is 0 Å². The molecule has 2 atom stereocenters. The second-order valence-corrected chi connectivity index (χ2v) is 7.69. The molecule has 2 bridgehead atoms. The molecule has 1 amide bonds. The van der Waals surface area contributed by atoms with E-state index in [1.807, 2.05) is 37.8 Å². The average molecular weight is 335 g/mol. The van der Waals surface area contributed by atoms with Gasteiger partial charge in [0.25, 0.3) is 0 Å². The number of rotatable bonds is 1. The fraction of sp³-hybridized carbons (Fsp3) is 0.556. The molecule has 0 spiro atoms. The highest BCUT2D eigenvalue weighted by atomic mass is 35.5. The van der Waals surface area contributed by atoms with Crippen molar-refractivity contribution in [1.82, 2.24) is 9.88 Å². The second kappa shape index (κ2) is 6.16. The first-order chi connectivity index (χ1) is 10.8. The summed E-state index contributed by atoms with van der Waals surface area (Å²) in [7, 11) is 0. The van der Waals surface area contributed by atoms with E-state index in [4.69, 9.17) is 16.3 Å². The van der Waals surface area contributed by atoms with E-state index >= 15 is 0 Å². The molecule has 2 aliphatic rings. The summed E-state index contributed by atoms with van der Waals surface area (Å²) in [6, 6.07) is 4.19. The lowest BCUT2D eigenvalue weighted by atomic mass is 9.83. The van der Waals surface area contributed by atoms with Crippen molar-refractivity contribution in [2.24, 2.45) is 0 Å². The van der Waals surface area contributed by atoms with Gasteiger partial charge >= 0.3 is 6.09 Å². The van der Waals surface area contributed by atoms with Gasteiger partial charge in [0.2, 0.25) is 0 Å². The summed E-state index contributed by atoms with van der Waals surface area (Å²) >= 11 is 6.01. The van der Waals surface area contributed by atoms with E-state index in [0.29, 0.717) is 5.15 Å². The van der Waals surface area contributed by atoms with Crippen LogP contribution in [0.4, 0.5) is 4.79 Å². The summed E-state index contributed by atoms with van der Waals surface area (Å²) in [6.45, 7) is 5.72. The minimum atomic E-state index is -0.464. The van der Waals surface area contributed by atoms with Gasteiger partial charge in [0, 0.05) is 12.2 Å². The van der Waals surface area contributed by atoms with Crippen molar-refractivity contribution < 1.29 is 9.53 Å². The zero-order valence-electron chi connectivity index (χ0n) is 13.9. The average Bonchev–Trinajstić information content (AvgIpc) is 2.44. The lowest BCUT2D eigenvalue weighted by Crippen LogP contribution is -2.53. The van der Waals surface area contributed by atoms with E-state index in [9.17, 15) is 4.79 Å². The molecule has 0 saturated carbocycles. The summed E-state index contributed by atoms with van der Waals surface area (Å²) < 4.78 is 5.60. The van der Waals surface area contributed by atoms with Crippen molar-refractivity contribution in [2.45, 2.75) is 64.1 Å². The third-order valence-corrected chi connectivity index (χ3v) is 4.55. The molecule has 124 valence electrons. The Labute approximate surface area is 142 Å². The number of halogens is 1. The minimum absolute atomic E-state index is 0.110. The van der Waals surface area contributed by atoms with E-state index < -0.39 is 5.60 Å². The van der Waals surface area contributed by atoms with Crippen LogP contribution >= 0.6 is 11.6 Å². The molecule has 3 heterocycles. The molecule has 2 unspecified atom stereocenters. The molecule has 5 heteroatoms. The number of hydrogen-bond donors (Lipinski definition) is 0. The number of pyridine rings is 1. The first kappa shape index (κ1) is 16.3. The Hall–Kier alpha value is -1.55. The Morgan fingerprint density at radius 2 is 2.17 bits per heavy atom. The second-order valence-electron chi connectivity index (χ2n) is 7.30. The Balaban J connectivity index is 1.86. The van der Waals surface area contributed by atoms with Gasteiger partial charge in [-0.15, -0.1) is 0 Å². The molecule has 4 nitrogen and oxygen atoms in total. The van der Waals surface area contributed by atoms with E-state index in [0.717, 1.165) is 31.2 Å². The van der Waals surface area contributed by atoms with Crippen LogP contribution in [0.2, 0.25) is 5.15 Å². The predicted molar refractivity (Wildman–Crippen MR) is 91.3 cm³/mol. The lowest BCUT2D eigenvalue weighted by molar-refractivity contribution is 0.0000854. The Bertz CT molecular complexity index is 636. The van der Waals surface area contributed by atoms with Crippen molar-refractivity contribution in [1.29, 1.82) is 0 Å². The van der Waals surface area contributed by atoms with Crippen LogP contribution in [0.15, 0.2) is 24.4 Å². The normalized spacial score (nSPS) is 24.2. The van der Waals surface area contributed by atoms with Crippen LogP contribution in [0.3, 0.4) is 0 Å². The standard InChI is InChI=1S/C18H23ClN2O2/c1-18(2,3)23-17(22)21-14-5-4-6-15(21)10-13(9-14)12-7-8-20-16(19)11-12/h7-9,11,14-15H,4-6,10H2,1-3H3. The first-order valence-electron chi connectivity index (χ1n) is 8.17. The quantitative estimate of drug-likeness (QED) is 0.700. The van der Waals surface area contributed by atoms with Crippen LogP contribution in [0.25, 0.3) is 5.57 Å². The summed E-state index contributed by atoms with van der Waals surface area (Å²) in [4.78, 5) is 18.5. The molecule has 2 aliphatic heterocycles. The fourth-order valence-corrected chi connectivity index (χ4v) is 3.62. The van der Waals surface area contributed by atoms with Gasteiger partial charge in [-0.05, 0) is 69.7 Å². The van der Waals surface area contributed by atoms with Crippen LogP contribution in [0.5, 0.6) is 0 Å². The lowest BCUT2D eigenvalue weighted by Gasteiger charge is -2.45. The highest BCUT2D eigenvalue weighted by molar-refractivity contribution is 6.29. The number of piperidine rings is 1. The zero-order chi connectivity index (χ0) is 16.6. The van der Waals surface area contributed by atoms with Crippen LogP contribution < -0.4 is 0 Å². The summed E-state index contributed by atoms with van der Waals surface area (Å²) in [5.74, 6) is 0. The van der Waals surface area contributed by atoms with Gasteiger partial charge in [-0.2, -0.15) is 0 Å². The van der Waals surface area contributed by atoms with Gasteiger partial charge < -0.3 is 4.74 Å². The molecular formula is C18H23ClN2O2. The van der Waals surface area contributed by atoms with Gasteiger partial charge in [0.15, 0.2) is 0 Å². The molecule has 1 aromatic rings. The van der Waals surface area contributed by atoms with Crippen molar-refractivity contribution in [3.05, 3.63) is 35.1 Å². The molecule has 1 saturated heterocycles. The van der Waals surface area contributed by atoms with E-state index in [1.54, 1.807) is 6.20 Å². The summed E-state index contributed by atoms with van der Waals surface area (Å²) in [5, 5.41) is 0.503. The Kier molecular flexibility index (Phi) is 4.37. The van der Waals surface area contributed by atoms with Gasteiger partial charge in [-0.1, -0.05) is 17.7 Å². The highest BCUT2D eigenvalue weighted by Gasteiger charge is 2.39. The molecule has 0 radical (unpaired) electrons. The number of ether oxygens (including phenoxy) is 1. The SMILES string of the molecule is CC(C)(C)OC(=O)N1C2C=C(c3ccnc(Cl)c3)CC1CCC2. The van der Waals surface area contributed by atoms with E-state index in [2.05, 4.69) is 11.1 Å². The monoisotopic (exact) mass is 334 g/mol. The first-order valence-corrected chi connectivity index (χ1v) is 8.55. The number of hydrogen-bond acceptors (Lipinski definition) is 3. The van der Waals surface area contributed by atoms with Crippen LogP contribution in [0, 0.1) is 0 Å². The maximum absolute atomic E-state index is 12.6. The number of carbonyl (C=O) groups is 1. The van der Waals surface area contributed by atoms with Crippen LogP contribution in [-0.2, 0) is 4.74 Å². The van der Waals surface area contributed by atoms with Crippen LogP contribution in [0.1, 0.15) is 52.0 Å². The van der Waals surface area contributed by atoms with Gasteiger partial charge in [0.1, 0.15) is 10.8 Å². The number of amides is 1. The van der Waals surface area contributed by atoms with Gasteiger partial charge in [0.05, 0.1) is 6.04 Å². The van der Waals surface area contributed by atoms with Crippen LogP contribution in [-0.4, -0.2) is 33.7 Å². The summed E-state index contributed by atoms with van der Waals surface area (Å²) in [5.41, 5.74) is 1.89. The third kappa shape index (κ3) is 3.69. The highest BCUT2D eigenvalue weighted by Crippen LogP contribution is 2.38. The smallest absolute Gasteiger partial charge is 0.411 e. The molecule has 0 aromatic carbocycles. The third-order valence-electron chi connectivity index (χ3n) is 4.34. The number of nitrogens with zero attached hydrogens (tertiary/aromatic N) is 2. The fourth-order valence-electron chi connectivity index (χ4n) is 3.45. The van der Waals surface area contributed by atoms with Crippen molar-refractivity contribution in [3.63, 3.8) is 0 Å². The Morgan fingerprint density at radius 1 is 1.39 bits per heavy atom. The van der Waals surface area contributed by atoms with Gasteiger partial charge in [-0.3, -0.25) is 4.90 Å². The largest absolute Gasteiger partial charge is 0.444 e. The van der Waals surface area contributed by atoms with Crippen molar-refractivity contribution >= 4 is 23.3 Å². The molecule has 1 aromatic heterocycles. The summed E-state index contributed by atoms with van der Waals surface area (Å²) in [6.07, 6.45) is 7.73. The molecule has 0 N–H and O–H groups in total. The zero-order valence-corrected chi connectivity index (χ0v) is 14.6. The number of carbonyl (C=O) groups excluding carboxylic acids is 1. The maximum Gasteiger partial charge on any atom is 0.411 e. The van der Waals surface area contributed by atoms with E-state index in [-0.39, 0.29) is 18.2 Å². The molecular weight excluding hydrogens is 312 g/mol. The van der Waals surface area contributed by atoms with Crippen molar-refractivity contribution in [2.75, 3.05) is 0 Å². The van der Waals surface area contributed by atoms with Gasteiger partial charge in [-0.25, -0.2) is 9.78 Å².